The van der Waals surface area contributed by atoms with Crippen molar-refractivity contribution in [2.45, 2.75) is 38.5 Å². The number of carbonyl (C=O) groups excluding carboxylic acids is 3. The average Bonchev–Trinajstić information content (AvgIpc) is 3.43. The Morgan fingerprint density at radius 3 is 2.60 bits per heavy atom. The van der Waals surface area contributed by atoms with E-state index in [9.17, 15) is 28.0 Å². The Balaban J connectivity index is 1.47. The van der Waals surface area contributed by atoms with Crippen molar-refractivity contribution in [1.29, 1.82) is 0 Å². The number of ketones is 1. The number of nitrogens with zero attached hydrogens (tertiary/aromatic N) is 2. The number of ether oxygens (including phenoxy) is 2. The van der Waals surface area contributed by atoms with E-state index < -0.39 is 23.8 Å². The molecule has 0 spiro atoms. The van der Waals surface area contributed by atoms with E-state index in [1.54, 1.807) is 50.6 Å². The van der Waals surface area contributed by atoms with E-state index in [-0.39, 0.29) is 54.4 Å². The second-order valence-electron chi connectivity index (χ2n) is 10.5. The highest BCUT2D eigenvalue weighted by molar-refractivity contribution is 5.89. The molecule has 0 unspecified atom stereocenters. The molecule has 0 fully saturated rings. The first kappa shape index (κ1) is 32.6. The smallest absolute Gasteiger partial charge is 0.407 e. The molecule has 2 aromatic heterocycles. The van der Waals surface area contributed by atoms with Gasteiger partial charge in [-0.3, -0.25) is 14.4 Å². The molecule has 2 N–H and O–H groups in total. The molecule has 1 atom stereocenters. The quantitative estimate of drug-likeness (QED) is 0.212. The molecule has 2 heterocycles. The Morgan fingerprint density at radius 1 is 1.07 bits per heavy atom. The molecular weight excluding hydrogens is 586 g/mol. The number of pyridine rings is 1. The van der Waals surface area contributed by atoms with Gasteiger partial charge in [0, 0.05) is 55.0 Å². The minimum Gasteiger partial charge on any atom is -0.487 e. The third-order valence-electron chi connectivity index (χ3n) is 7.07. The maximum atomic E-state index is 14.1. The van der Waals surface area contributed by atoms with Crippen LogP contribution in [0.25, 0.3) is 10.9 Å². The lowest BCUT2D eigenvalue weighted by molar-refractivity contribution is -0.123. The first-order valence-corrected chi connectivity index (χ1v) is 14.2. The predicted octanol–water partition coefficient (Wildman–Crippen LogP) is 4.50. The minimum atomic E-state index is -0.930. The maximum absolute atomic E-state index is 14.1. The zero-order valence-corrected chi connectivity index (χ0v) is 25.1. The summed E-state index contributed by atoms with van der Waals surface area (Å²) < 4.78 is 39.3. The number of nitrogens with one attached hydrogen (secondary N) is 2. The molecule has 236 valence electrons. The lowest BCUT2D eigenvalue weighted by atomic mass is 10.0. The zero-order valence-electron chi connectivity index (χ0n) is 25.1. The molecule has 0 saturated heterocycles. The van der Waals surface area contributed by atoms with Crippen molar-refractivity contribution in [2.75, 3.05) is 21.2 Å². The number of aromatic amines is 1. The average molecular weight is 621 g/mol. The summed E-state index contributed by atoms with van der Waals surface area (Å²) in [5.41, 5.74) is 1.41. The number of rotatable bonds is 13. The zero-order chi connectivity index (χ0) is 32.5. The van der Waals surface area contributed by atoms with E-state index in [1.807, 2.05) is 12.1 Å². The van der Waals surface area contributed by atoms with Crippen molar-refractivity contribution in [2.24, 2.45) is 0 Å². The van der Waals surface area contributed by atoms with E-state index in [0.717, 1.165) is 11.5 Å². The topological polar surface area (TPSA) is 123 Å². The van der Waals surface area contributed by atoms with E-state index in [0.29, 0.717) is 23.4 Å². The first-order chi connectivity index (χ1) is 21.5. The molecule has 12 heteroatoms. The predicted molar refractivity (Wildman–Crippen MR) is 164 cm³/mol. The molecule has 2 amide bonds. The highest BCUT2D eigenvalue weighted by Gasteiger charge is 2.22. The van der Waals surface area contributed by atoms with Crippen LogP contribution in [0.15, 0.2) is 77.7 Å². The first-order valence-electron chi connectivity index (χ1n) is 14.2. The van der Waals surface area contributed by atoms with E-state index >= 15 is 0 Å². The van der Waals surface area contributed by atoms with Crippen LogP contribution >= 0.6 is 0 Å². The van der Waals surface area contributed by atoms with Crippen LogP contribution in [0.1, 0.15) is 29.7 Å². The van der Waals surface area contributed by atoms with E-state index in [2.05, 4.69) is 15.0 Å². The van der Waals surface area contributed by atoms with Gasteiger partial charge in [0.15, 0.2) is 5.78 Å². The molecule has 0 aliphatic carbocycles. The van der Waals surface area contributed by atoms with Crippen LogP contribution in [0, 0.1) is 11.6 Å². The summed E-state index contributed by atoms with van der Waals surface area (Å²) in [6.07, 6.45) is 4.15. The van der Waals surface area contributed by atoms with Crippen molar-refractivity contribution in [3.05, 3.63) is 112 Å². The number of H-pyrrole nitrogens is 1. The highest BCUT2D eigenvalue weighted by atomic mass is 19.1. The van der Waals surface area contributed by atoms with Gasteiger partial charge in [-0.1, -0.05) is 24.3 Å². The lowest BCUT2D eigenvalue weighted by Crippen LogP contribution is -2.42. The molecule has 10 nitrogen and oxygen atoms in total. The maximum Gasteiger partial charge on any atom is 0.407 e. The Bertz CT molecular complexity index is 1780. The summed E-state index contributed by atoms with van der Waals surface area (Å²) in [4.78, 5) is 54.9. The number of halogens is 2. The number of allylic oxidation sites excluding steroid dienone is 1. The SMILES string of the molecule is COC(=O)N[C@@H](CC/C=C/C(=O)N(C)C)C(=O)Cc1cccn(Cc2cc3cccc(OCc4ccc(F)cc4F)c3[nH]2)c1=O. The number of fused-ring (bicyclic) bond motifs is 1. The van der Waals surface area contributed by atoms with Crippen LogP contribution in [0.4, 0.5) is 13.6 Å². The number of hydrogen-bond acceptors (Lipinski definition) is 6. The fraction of sp³-hybridized carbons (Fsp3) is 0.273. The second kappa shape index (κ2) is 15.0. The minimum absolute atomic E-state index is 0.106. The molecule has 2 aromatic carbocycles. The third-order valence-corrected chi connectivity index (χ3v) is 7.07. The Labute approximate surface area is 258 Å². The van der Waals surface area contributed by atoms with Crippen molar-refractivity contribution in [3.63, 3.8) is 0 Å². The molecule has 0 aliphatic rings. The molecule has 0 radical (unpaired) electrons. The molecule has 4 aromatic rings. The van der Waals surface area contributed by atoms with Gasteiger partial charge in [-0.15, -0.1) is 0 Å². The van der Waals surface area contributed by atoms with Crippen molar-refractivity contribution >= 4 is 28.7 Å². The van der Waals surface area contributed by atoms with Crippen molar-refractivity contribution in [1.82, 2.24) is 19.8 Å². The summed E-state index contributed by atoms with van der Waals surface area (Å²) in [6.45, 7) is 0.0571. The van der Waals surface area contributed by atoms with Crippen LogP contribution in [0.3, 0.4) is 0 Å². The number of alkyl carbamates (subject to hydrolysis) is 1. The highest BCUT2D eigenvalue weighted by Crippen LogP contribution is 2.27. The Morgan fingerprint density at radius 2 is 1.87 bits per heavy atom. The number of Topliss-reactive ketones (excluding diaryl/α,β-unsaturated/α-hetero) is 1. The third kappa shape index (κ3) is 8.65. The monoisotopic (exact) mass is 620 g/mol. The van der Waals surface area contributed by atoms with Gasteiger partial charge >= 0.3 is 6.09 Å². The standard InChI is InChI=1S/C33H34F2N4O6/c1-38(2)30(41)12-5-4-10-27(37-33(43)44-3)28(40)17-22-9-7-15-39(32(22)42)19-25-16-21-8-6-11-29(31(21)36-25)45-20-23-13-14-24(34)18-26(23)35/h5-9,11-16,18,27,36H,4,10,17,19-20H2,1-3H3,(H,37,43)/b12-5+/t27-/m0/s1. The Kier molecular flexibility index (Phi) is 10.9. The van der Waals surface area contributed by atoms with Gasteiger partial charge in [-0.2, -0.15) is 0 Å². The molecule has 0 aliphatic heterocycles. The number of hydrogen-bond donors (Lipinski definition) is 2. The second-order valence-corrected chi connectivity index (χ2v) is 10.5. The van der Waals surface area contributed by atoms with Gasteiger partial charge in [0.25, 0.3) is 5.56 Å². The summed E-state index contributed by atoms with van der Waals surface area (Å²) in [5.74, 6) is -1.50. The van der Waals surface area contributed by atoms with Crippen LogP contribution in [0.2, 0.25) is 0 Å². The molecular formula is C33H34F2N4O6. The van der Waals surface area contributed by atoms with Crippen LogP contribution in [0.5, 0.6) is 5.75 Å². The number of aromatic nitrogens is 2. The van der Waals surface area contributed by atoms with E-state index in [1.165, 1.54) is 34.8 Å². The fourth-order valence-electron chi connectivity index (χ4n) is 4.64. The lowest BCUT2D eigenvalue weighted by Gasteiger charge is -2.16. The van der Waals surface area contributed by atoms with Crippen molar-refractivity contribution < 1.29 is 32.6 Å². The van der Waals surface area contributed by atoms with Gasteiger partial charge in [0.2, 0.25) is 5.91 Å². The van der Waals surface area contributed by atoms with Crippen LogP contribution < -0.4 is 15.6 Å². The number of benzene rings is 2. The largest absolute Gasteiger partial charge is 0.487 e. The van der Waals surface area contributed by atoms with Gasteiger partial charge in [0.1, 0.15) is 24.0 Å². The Hall–Kier alpha value is -5.26. The van der Waals surface area contributed by atoms with Gasteiger partial charge in [-0.05, 0) is 49.2 Å². The van der Waals surface area contributed by atoms with Crippen molar-refractivity contribution in [3.8, 4) is 5.75 Å². The summed E-state index contributed by atoms with van der Waals surface area (Å²) in [5, 5.41) is 3.32. The van der Waals surface area contributed by atoms with Gasteiger partial charge < -0.3 is 29.2 Å². The number of amides is 2. The van der Waals surface area contributed by atoms with Gasteiger partial charge in [-0.25, -0.2) is 13.6 Å². The normalized spacial score (nSPS) is 11.8. The molecule has 45 heavy (non-hydrogen) atoms. The number of methoxy groups -OCH3 is 1. The van der Waals surface area contributed by atoms with E-state index in [4.69, 9.17) is 4.74 Å². The number of para-hydroxylation sites is 1. The number of carbonyl (C=O) groups is 3. The van der Waals surface area contributed by atoms with Crippen LogP contribution in [-0.2, 0) is 33.9 Å². The number of likely N-dealkylation sites (N-methyl/N-ethyl adjacent to an activating group) is 1. The summed E-state index contributed by atoms with van der Waals surface area (Å²) >= 11 is 0. The molecule has 0 bridgehead atoms. The summed E-state index contributed by atoms with van der Waals surface area (Å²) in [6, 6.07) is 12.8. The summed E-state index contributed by atoms with van der Waals surface area (Å²) in [7, 11) is 4.43. The fourth-order valence-corrected chi connectivity index (χ4v) is 4.64. The van der Waals surface area contributed by atoms with Crippen LogP contribution in [-0.4, -0.2) is 59.5 Å². The van der Waals surface area contributed by atoms with Gasteiger partial charge in [0.05, 0.1) is 25.2 Å². The molecule has 0 saturated carbocycles. The molecule has 4 rings (SSSR count).